The van der Waals surface area contributed by atoms with Crippen molar-refractivity contribution in [3.8, 4) is 28.6 Å². The van der Waals surface area contributed by atoms with Crippen LogP contribution in [-0.2, 0) is 12.0 Å². The Morgan fingerprint density at radius 3 is 2.49 bits per heavy atom. The summed E-state index contributed by atoms with van der Waals surface area (Å²) < 4.78 is 37.7. The number of benzene rings is 2. The molecule has 2 aromatic carbocycles. The van der Waals surface area contributed by atoms with E-state index in [1.165, 1.54) is 6.39 Å². The number of Topliss-reactive ketones (excluding diaryl/α,β-unsaturated/α-hetero) is 1. The molecule has 0 bridgehead atoms. The van der Waals surface area contributed by atoms with Gasteiger partial charge in [-0.2, -0.15) is 0 Å². The molecule has 1 aromatic heterocycles. The molecule has 0 aliphatic carbocycles. The van der Waals surface area contributed by atoms with Crippen LogP contribution in [-0.4, -0.2) is 48.4 Å². The van der Waals surface area contributed by atoms with Crippen LogP contribution < -0.4 is 14.2 Å². The summed E-state index contributed by atoms with van der Waals surface area (Å²) >= 11 is 0. The molecule has 0 fully saturated rings. The first-order valence-corrected chi connectivity index (χ1v) is 12.2. The fraction of sp³-hybridized carbons (Fsp3) is 0.393. The summed E-state index contributed by atoms with van der Waals surface area (Å²) in [6.45, 7) is 10.4. The number of hydrogen-bond acceptors (Lipinski definition) is 7. The first-order valence-electron chi connectivity index (χ1n) is 12.2. The number of aromatic nitrogens is 1. The van der Waals surface area contributed by atoms with E-state index in [1.807, 2.05) is 33.8 Å². The molecule has 9 heteroatoms. The second-order valence-corrected chi connectivity index (χ2v) is 9.77. The SMILES string of the molecule is CCOc1cc2c(c(F)c1OCC)C(=N)N(CC(=O)c1cc(-c3cnco3)c(OC)c(C(C)(C)C)c1)C2. The van der Waals surface area contributed by atoms with Crippen LogP contribution in [0.25, 0.3) is 11.3 Å². The van der Waals surface area contributed by atoms with E-state index in [1.54, 1.807) is 37.3 Å². The quantitative estimate of drug-likeness (QED) is 0.375. The molecule has 1 aliphatic rings. The van der Waals surface area contributed by atoms with Gasteiger partial charge >= 0.3 is 0 Å². The average molecular weight is 510 g/mol. The van der Waals surface area contributed by atoms with Crippen LogP contribution in [0.3, 0.4) is 0 Å². The van der Waals surface area contributed by atoms with Gasteiger partial charge in [-0.3, -0.25) is 10.2 Å². The molecule has 1 aliphatic heterocycles. The topological polar surface area (TPSA) is 97.9 Å². The number of carbonyl (C=O) groups is 1. The lowest BCUT2D eigenvalue weighted by molar-refractivity contribution is 0.0962. The zero-order valence-electron chi connectivity index (χ0n) is 22.0. The molecule has 2 heterocycles. The van der Waals surface area contributed by atoms with Gasteiger partial charge in [0.2, 0.25) is 0 Å². The summed E-state index contributed by atoms with van der Waals surface area (Å²) in [7, 11) is 1.58. The normalized spacial score (nSPS) is 13.1. The van der Waals surface area contributed by atoms with Crippen molar-refractivity contribution in [1.29, 1.82) is 5.41 Å². The van der Waals surface area contributed by atoms with E-state index >= 15 is 4.39 Å². The van der Waals surface area contributed by atoms with Gasteiger partial charge in [0.15, 0.2) is 35.3 Å². The Bertz CT molecular complexity index is 1330. The summed E-state index contributed by atoms with van der Waals surface area (Å²) in [4.78, 5) is 19.1. The number of hydrogen-bond donors (Lipinski definition) is 1. The Hall–Kier alpha value is -3.88. The van der Waals surface area contributed by atoms with Gasteiger partial charge in [-0.1, -0.05) is 20.8 Å². The number of fused-ring (bicyclic) bond motifs is 1. The zero-order chi connectivity index (χ0) is 26.9. The summed E-state index contributed by atoms with van der Waals surface area (Å²) in [6, 6.07) is 5.22. The Kier molecular flexibility index (Phi) is 7.25. The number of oxazole rings is 1. The number of carbonyl (C=O) groups excluding carboxylic acids is 1. The van der Waals surface area contributed by atoms with Crippen molar-refractivity contribution in [2.24, 2.45) is 0 Å². The van der Waals surface area contributed by atoms with Gasteiger partial charge in [0.05, 0.1) is 44.2 Å². The van der Waals surface area contributed by atoms with Crippen LogP contribution in [0.15, 0.2) is 35.2 Å². The van der Waals surface area contributed by atoms with E-state index in [0.717, 1.165) is 5.56 Å². The zero-order valence-corrected chi connectivity index (χ0v) is 22.0. The molecular formula is C28H32FN3O5. The second-order valence-electron chi connectivity index (χ2n) is 9.77. The minimum Gasteiger partial charge on any atom is -0.496 e. The second kappa shape index (κ2) is 10.2. The Morgan fingerprint density at radius 2 is 1.89 bits per heavy atom. The van der Waals surface area contributed by atoms with Crippen LogP contribution in [0.4, 0.5) is 4.39 Å². The summed E-state index contributed by atoms with van der Waals surface area (Å²) in [5, 5.41) is 8.64. The Balaban J connectivity index is 1.69. The largest absolute Gasteiger partial charge is 0.496 e. The number of ketones is 1. The number of amidine groups is 1. The third kappa shape index (κ3) is 4.90. The first-order chi connectivity index (χ1) is 17.6. The van der Waals surface area contributed by atoms with Gasteiger partial charge in [-0.05, 0) is 43.0 Å². The molecule has 0 atom stereocenters. The number of ether oxygens (including phenoxy) is 3. The minimum atomic E-state index is -0.644. The van der Waals surface area contributed by atoms with Gasteiger partial charge in [-0.15, -0.1) is 0 Å². The number of rotatable bonds is 9. The standard InChI is InChI=1S/C28H32FN3O5/c1-7-35-21-11-17-13-32(27(30)23(17)24(29)26(21)36-8-2)14-20(33)16-9-18(22-12-31-15-37-22)25(34-6)19(10-16)28(3,4)5/h9-12,15,30H,7-8,13-14H2,1-6H3. The molecule has 4 rings (SSSR count). The van der Waals surface area contributed by atoms with Crippen LogP contribution in [0.5, 0.6) is 17.2 Å². The molecule has 0 spiro atoms. The van der Waals surface area contributed by atoms with Crippen LogP contribution >= 0.6 is 0 Å². The maximum atomic E-state index is 15.4. The maximum absolute atomic E-state index is 15.4. The molecule has 0 saturated heterocycles. The van der Waals surface area contributed by atoms with E-state index in [0.29, 0.717) is 40.6 Å². The fourth-order valence-corrected chi connectivity index (χ4v) is 4.52. The molecule has 3 aromatic rings. The summed E-state index contributed by atoms with van der Waals surface area (Å²) in [5.41, 5.74) is 2.26. The molecule has 1 N–H and O–H groups in total. The number of methoxy groups -OCH3 is 1. The van der Waals surface area contributed by atoms with E-state index in [9.17, 15) is 4.79 Å². The van der Waals surface area contributed by atoms with Crippen LogP contribution in [0.1, 0.15) is 61.7 Å². The van der Waals surface area contributed by atoms with Gasteiger partial charge in [0.1, 0.15) is 11.6 Å². The monoisotopic (exact) mass is 509 g/mol. The van der Waals surface area contributed by atoms with E-state index in [-0.39, 0.29) is 48.0 Å². The highest BCUT2D eigenvalue weighted by Gasteiger charge is 2.34. The van der Waals surface area contributed by atoms with Gasteiger partial charge in [0, 0.05) is 17.7 Å². The summed E-state index contributed by atoms with van der Waals surface area (Å²) in [6.07, 6.45) is 2.89. The molecule has 196 valence electrons. The van der Waals surface area contributed by atoms with Gasteiger partial charge in [0.25, 0.3) is 0 Å². The highest BCUT2D eigenvalue weighted by atomic mass is 19.1. The fourth-order valence-electron chi connectivity index (χ4n) is 4.52. The number of nitrogens with zero attached hydrogens (tertiary/aromatic N) is 2. The van der Waals surface area contributed by atoms with Crippen LogP contribution in [0, 0.1) is 11.2 Å². The van der Waals surface area contributed by atoms with E-state index in [2.05, 4.69) is 4.98 Å². The van der Waals surface area contributed by atoms with Crippen molar-refractivity contribution in [2.45, 2.75) is 46.6 Å². The highest BCUT2D eigenvalue weighted by Crippen LogP contribution is 2.41. The number of halogens is 1. The average Bonchev–Trinajstić information content (AvgIpc) is 3.49. The summed E-state index contributed by atoms with van der Waals surface area (Å²) in [5.74, 6) is 0.441. The lowest BCUT2D eigenvalue weighted by Crippen LogP contribution is -2.30. The maximum Gasteiger partial charge on any atom is 0.197 e. The Labute approximate surface area is 215 Å². The molecule has 0 saturated carbocycles. The molecular weight excluding hydrogens is 477 g/mol. The number of nitrogens with one attached hydrogen (secondary N) is 1. The molecule has 0 unspecified atom stereocenters. The third-order valence-corrected chi connectivity index (χ3v) is 6.23. The van der Waals surface area contributed by atoms with Gasteiger partial charge < -0.3 is 23.5 Å². The first kappa shape index (κ1) is 26.2. The van der Waals surface area contributed by atoms with Crippen LogP contribution in [0.2, 0.25) is 0 Å². The lowest BCUT2D eigenvalue weighted by atomic mass is 9.83. The third-order valence-electron chi connectivity index (χ3n) is 6.23. The van der Waals surface area contributed by atoms with Crippen molar-refractivity contribution >= 4 is 11.6 Å². The van der Waals surface area contributed by atoms with Crippen molar-refractivity contribution < 1.29 is 27.8 Å². The lowest BCUT2D eigenvalue weighted by Gasteiger charge is -2.25. The minimum absolute atomic E-state index is 0.0114. The predicted molar refractivity (Wildman–Crippen MR) is 137 cm³/mol. The highest BCUT2D eigenvalue weighted by molar-refractivity contribution is 6.06. The smallest absolute Gasteiger partial charge is 0.197 e. The van der Waals surface area contributed by atoms with Crippen molar-refractivity contribution in [2.75, 3.05) is 26.9 Å². The molecule has 0 radical (unpaired) electrons. The Morgan fingerprint density at radius 1 is 1.16 bits per heavy atom. The van der Waals surface area contributed by atoms with Crippen molar-refractivity contribution in [3.63, 3.8) is 0 Å². The van der Waals surface area contributed by atoms with Crippen molar-refractivity contribution in [1.82, 2.24) is 9.88 Å². The van der Waals surface area contributed by atoms with E-state index in [4.69, 9.17) is 24.0 Å². The van der Waals surface area contributed by atoms with E-state index < -0.39 is 5.82 Å². The molecule has 37 heavy (non-hydrogen) atoms. The van der Waals surface area contributed by atoms with Gasteiger partial charge in [-0.25, -0.2) is 9.37 Å². The van der Waals surface area contributed by atoms with Crippen molar-refractivity contribution in [3.05, 3.63) is 58.9 Å². The molecule has 0 amide bonds. The molecule has 8 nitrogen and oxygen atoms in total. The predicted octanol–water partition coefficient (Wildman–Crippen LogP) is 5.61.